The summed E-state index contributed by atoms with van der Waals surface area (Å²) >= 11 is 0. The second-order valence-corrected chi connectivity index (χ2v) is 6.61. The van der Waals surface area contributed by atoms with Crippen LogP contribution in [0.3, 0.4) is 0 Å². The summed E-state index contributed by atoms with van der Waals surface area (Å²) in [5.41, 5.74) is 1.15. The first-order chi connectivity index (χ1) is 9.21. The number of rotatable bonds is 3. The highest BCUT2D eigenvalue weighted by molar-refractivity contribution is 5.95. The number of likely N-dealkylation sites (N-methyl/N-ethyl adjacent to an activating group) is 1. The standard InChI is InChI=1S/C16H23N2O2.HI/c1-16(2)14(11-12-18(3,4)5)17(15(19)20-16)13-9-7-6-8-10-13;/h6-11H,12H2,1-5H3;1H/q+1;/p-1/b14-11-;. The number of anilines is 1. The lowest BCUT2D eigenvalue weighted by molar-refractivity contribution is -0.864. The van der Waals surface area contributed by atoms with Crippen LogP contribution in [0.5, 0.6) is 0 Å². The van der Waals surface area contributed by atoms with Crippen LogP contribution in [0.25, 0.3) is 0 Å². The zero-order valence-corrected chi connectivity index (χ0v) is 15.4. The van der Waals surface area contributed by atoms with E-state index >= 15 is 0 Å². The van der Waals surface area contributed by atoms with E-state index in [-0.39, 0.29) is 30.1 Å². The van der Waals surface area contributed by atoms with E-state index in [0.717, 1.165) is 22.4 Å². The van der Waals surface area contributed by atoms with Crippen LogP contribution >= 0.6 is 0 Å². The van der Waals surface area contributed by atoms with Crippen molar-refractivity contribution in [3.05, 3.63) is 42.1 Å². The zero-order chi connectivity index (χ0) is 15.0. The Morgan fingerprint density at radius 2 is 1.76 bits per heavy atom. The van der Waals surface area contributed by atoms with Gasteiger partial charge in [0.2, 0.25) is 0 Å². The van der Waals surface area contributed by atoms with Gasteiger partial charge in [-0.1, -0.05) is 18.2 Å². The minimum Gasteiger partial charge on any atom is -1.00 e. The molecule has 116 valence electrons. The predicted octanol–water partition coefficient (Wildman–Crippen LogP) is 0.0159. The minimum absolute atomic E-state index is 0. The van der Waals surface area contributed by atoms with Crippen molar-refractivity contribution in [1.29, 1.82) is 0 Å². The molecule has 2 rings (SSSR count). The molecular weight excluding hydrogens is 379 g/mol. The molecule has 0 radical (unpaired) electrons. The lowest BCUT2D eigenvalue weighted by Gasteiger charge is -2.25. The predicted molar refractivity (Wildman–Crippen MR) is 80.5 cm³/mol. The average molecular weight is 402 g/mol. The summed E-state index contributed by atoms with van der Waals surface area (Å²) < 4.78 is 6.31. The third kappa shape index (κ3) is 4.20. The third-order valence-electron chi connectivity index (χ3n) is 3.23. The van der Waals surface area contributed by atoms with Gasteiger partial charge < -0.3 is 33.2 Å². The molecule has 1 amide bonds. The Balaban J connectivity index is 0.00000220. The molecule has 0 aliphatic carbocycles. The third-order valence-corrected chi connectivity index (χ3v) is 3.23. The molecule has 5 heteroatoms. The van der Waals surface area contributed by atoms with Crippen LogP contribution in [-0.4, -0.2) is 43.9 Å². The Hall–Kier alpha value is -1.08. The largest absolute Gasteiger partial charge is 1.00 e. The summed E-state index contributed by atoms with van der Waals surface area (Å²) in [5, 5.41) is 0. The van der Waals surface area contributed by atoms with Crippen molar-refractivity contribution in [1.82, 2.24) is 0 Å². The van der Waals surface area contributed by atoms with Crippen molar-refractivity contribution in [2.45, 2.75) is 19.4 Å². The Labute approximate surface area is 144 Å². The van der Waals surface area contributed by atoms with Crippen LogP contribution in [0.15, 0.2) is 42.1 Å². The lowest BCUT2D eigenvalue weighted by atomic mass is 10.0. The first-order valence-corrected chi connectivity index (χ1v) is 6.80. The molecule has 1 heterocycles. The second kappa shape index (κ2) is 6.36. The minimum atomic E-state index is -0.595. The molecule has 1 aromatic carbocycles. The zero-order valence-electron chi connectivity index (χ0n) is 13.3. The van der Waals surface area contributed by atoms with Crippen molar-refractivity contribution < 1.29 is 38.0 Å². The van der Waals surface area contributed by atoms with Gasteiger partial charge >= 0.3 is 6.09 Å². The van der Waals surface area contributed by atoms with Gasteiger partial charge in [0.05, 0.1) is 39.1 Å². The fourth-order valence-electron chi connectivity index (χ4n) is 2.20. The first kappa shape index (κ1) is 18.0. The number of hydrogen-bond acceptors (Lipinski definition) is 2. The van der Waals surface area contributed by atoms with E-state index in [4.69, 9.17) is 4.74 Å². The van der Waals surface area contributed by atoms with E-state index in [1.807, 2.05) is 44.2 Å². The quantitative estimate of drug-likeness (QED) is 0.527. The maximum atomic E-state index is 12.2. The van der Waals surface area contributed by atoms with Crippen molar-refractivity contribution in [2.24, 2.45) is 0 Å². The summed E-state index contributed by atoms with van der Waals surface area (Å²) in [6.45, 7) is 4.68. The van der Waals surface area contributed by atoms with E-state index in [2.05, 4.69) is 27.2 Å². The number of carbonyl (C=O) groups excluding carboxylic acids is 1. The van der Waals surface area contributed by atoms with E-state index in [1.165, 1.54) is 0 Å². The van der Waals surface area contributed by atoms with E-state index in [1.54, 1.807) is 4.90 Å². The molecule has 0 aromatic heterocycles. The molecule has 21 heavy (non-hydrogen) atoms. The molecule has 0 bridgehead atoms. The van der Waals surface area contributed by atoms with E-state index < -0.39 is 5.60 Å². The first-order valence-electron chi connectivity index (χ1n) is 6.80. The normalized spacial score (nSPS) is 19.4. The Kier molecular flexibility index (Phi) is 5.44. The van der Waals surface area contributed by atoms with Crippen LogP contribution < -0.4 is 28.9 Å². The summed E-state index contributed by atoms with van der Waals surface area (Å²) in [4.78, 5) is 13.8. The van der Waals surface area contributed by atoms with Gasteiger partial charge in [0.25, 0.3) is 0 Å². The molecule has 4 nitrogen and oxygen atoms in total. The highest BCUT2D eigenvalue weighted by Crippen LogP contribution is 2.36. The number of para-hydroxylation sites is 1. The fourth-order valence-corrected chi connectivity index (χ4v) is 2.20. The number of carbonyl (C=O) groups is 1. The molecule has 0 N–H and O–H groups in total. The van der Waals surface area contributed by atoms with Crippen LogP contribution in [0.1, 0.15) is 13.8 Å². The Bertz CT molecular complexity index is 533. The van der Waals surface area contributed by atoms with E-state index in [0.29, 0.717) is 0 Å². The second-order valence-electron chi connectivity index (χ2n) is 6.61. The van der Waals surface area contributed by atoms with Gasteiger partial charge in [0.1, 0.15) is 5.60 Å². The van der Waals surface area contributed by atoms with Gasteiger partial charge in [-0.25, -0.2) is 9.69 Å². The van der Waals surface area contributed by atoms with Gasteiger partial charge in [-0.2, -0.15) is 0 Å². The van der Waals surface area contributed by atoms with Gasteiger partial charge in [-0.15, -0.1) is 0 Å². The number of hydrogen-bond donors (Lipinski definition) is 0. The summed E-state index contributed by atoms with van der Waals surface area (Å²) in [6, 6.07) is 9.62. The van der Waals surface area contributed by atoms with Gasteiger partial charge in [-0.3, -0.25) is 0 Å². The molecule has 1 saturated heterocycles. The molecule has 0 atom stereocenters. The molecule has 1 aromatic rings. The van der Waals surface area contributed by atoms with Crippen molar-refractivity contribution in [3.8, 4) is 0 Å². The average Bonchev–Trinajstić information content (AvgIpc) is 2.56. The Morgan fingerprint density at radius 1 is 1.19 bits per heavy atom. The molecule has 1 aliphatic heterocycles. The Morgan fingerprint density at radius 3 is 2.29 bits per heavy atom. The van der Waals surface area contributed by atoms with Gasteiger partial charge in [-0.05, 0) is 32.1 Å². The van der Waals surface area contributed by atoms with Crippen molar-refractivity contribution >= 4 is 11.8 Å². The molecule has 0 saturated carbocycles. The summed E-state index contributed by atoms with van der Waals surface area (Å²) in [5.74, 6) is 0. The van der Waals surface area contributed by atoms with Crippen molar-refractivity contribution in [3.63, 3.8) is 0 Å². The molecule has 0 spiro atoms. The van der Waals surface area contributed by atoms with E-state index in [9.17, 15) is 4.79 Å². The van der Waals surface area contributed by atoms with Gasteiger partial charge in [0.15, 0.2) is 0 Å². The topological polar surface area (TPSA) is 29.5 Å². The molecule has 1 fully saturated rings. The summed E-state index contributed by atoms with van der Waals surface area (Å²) in [6.07, 6.45) is 1.78. The molecule has 0 unspecified atom stereocenters. The smallest absolute Gasteiger partial charge is 0.419 e. The number of ether oxygens (including phenoxy) is 1. The van der Waals surface area contributed by atoms with Crippen LogP contribution in [0.4, 0.5) is 10.5 Å². The number of benzene rings is 1. The van der Waals surface area contributed by atoms with Crippen molar-refractivity contribution in [2.75, 3.05) is 32.6 Å². The number of quaternary nitrogens is 1. The number of halogens is 1. The fraction of sp³-hybridized carbons (Fsp3) is 0.438. The maximum Gasteiger partial charge on any atom is 0.419 e. The highest BCUT2D eigenvalue weighted by Gasteiger charge is 2.44. The SMILES string of the molecule is CC1(C)OC(=O)N(c2ccccc2)/C1=C\C[N+](C)(C)C.[I-]. The van der Waals surface area contributed by atoms with Crippen LogP contribution in [0.2, 0.25) is 0 Å². The lowest BCUT2D eigenvalue weighted by Crippen LogP contribution is -3.00. The number of nitrogens with zero attached hydrogens (tertiary/aromatic N) is 2. The monoisotopic (exact) mass is 402 g/mol. The number of amides is 1. The van der Waals surface area contributed by atoms with Crippen LogP contribution in [-0.2, 0) is 4.74 Å². The molecule has 1 aliphatic rings. The maximum absolute atomic E-state index is 12.2. The highest BCUT2D eigenvalue weighted by atomic mass is 127. The number of cyclic esters (lactones) is 1. The van der Waals surface area contributed by atoms with Crippen LogP contribution in [0, 0.1) is 0 Å². The van der Waals surface area contributed by atoms with Gasteiger partial charge in [0, 0.05) is 0 Å². The molecular formula is C16H23IN2O2. The summed E-state index contributed by atoms with van der Waals surface area (Å²) in [7, 11) is 6.36.